The highest BCUT2D eigenvalue weighted by Gasteiger charge is 2.17. The largest absolute Gasteiger partial charge is 0.451 e. The second-order valence-electron chi connectivity index (χ2n) is 5.35. The van der Waals surface area contributed by atoms with E-state index in [4.69, 9.17) is 16.0 Å². The van der Waals surface area contributed by atoms with Gasteiger partial charge >= 0.3 is 5.91 Å². The highest BCUT2D eigenvalue weighted by atomic mass is 35.5. The lowest BCUT2D eigenvalue weighted by molar-refractivity contribution is -0.117. The van der Waals surface area contributed by atoms with Crippen molar-refractivity contribution in [2.45, 2.75) is 6.92 Å². The zero-order chi connectivity index (χ0) is 17.8. The lowest BCUT2D eigenvalue weighted by Gasteiger charge is -2.04. The maximum atomic E-state index is 12.2. The van der Waals surface area contributed by atoms with E-state index < -0.39 is 11.8 Å². The van der Waals surface area contributed by atoms with E-state index in [-0.39, 0.29) is 5.76 Å². The Balaban J connectivity index is 1.64. The lowest BCUT2D eigenvalue weighted by Crippen LogP contribution is -2.40. The van der Waals surface area contributed by atoms with Gasteiger partial charge in [-0.05, 0) is 30.7 Å². The Morgan fingerprint density at radius 3 is 2.52 bits per heavy atom. The number of amides is 2. The molecule has 0 spiro atoms. The predicted molar refractivity (Wildman–Crippen MR) is 97.0 cm³/mol. The Kier molecular flexibility index (Phi) is 4.86. The van der Waals surface area contributed by atoms with Gasteiger partial charge in [-0.2, -0.15) is 0 Å². The van der Waals surface area contributed by atoms with Crippen molar-refractivity contribution in [1.29, 1.82) is 0 Å². The summed E-state index contributed by atoms with van der Waals surface area (Å²) < 4.78 is 5.54. The molecule has 0 saturated heterocycles. The second-order valence-corrected chi connectivity index (χ2v) is 5.76. The first-order valence-electron chi connectivity index (χ1n) is 7.57. The van der Waals surface area contributed by atoms with Gasteiger partial charge < -0.3 is 4.42 Å². The van der Waals surface area contributed by atoms with Gasteiger partial charge in [0.25, 0.3) is 5.91 Å². The molecule has 2 N–H and O–H groups in total. The van der Waals surface area contributed by atoms with Crippen LogP contribution in [0.15, 0.2) is 59.0 Å². The van der Waals surface area contributed by atoms with Crippen LogP contribution in [-0.2, 0) is 4.79 Å². The molecule has 0 fully saturated rings. The molecule has 1 heterocycles. The quantitative estimate of drug-likeness (QED) is 0.554. The average Bonchev–Trinajstić information content (AvgIpc) is 2.96. The van der Waals surface area contributed by atoms with E-state index >= 15 is 0 Å². The first kappa shape index (κ1) is 16.8. The minimum atomic E-state index is -0.520. The van der Waals surface area contributed by atoms with Crippen LogP contribution < -0.4 is 10.9 Å². The Morgan fingerprint density at radius 1 is 1.04 bits per heavy atom. The second kappa shape index (κ2) is 7.23. The number of furan rings is 1. The standard InChI is InChI=1S/C19H15ClN2O3/c1-12-14-7-3-5-9-16(14)25-18(12)19(24)22-21-17(23)11-10-13-6-2-4-8-15(13)20/h2-11H,1H3,(H,21,23)(H,22,24)/b11-10+. The Bertz CT molecular complexity index is 976. The molecule has 0 bridgehead atoms. The summed E-state index contributed by atoms with van der Waals surface area (Å²) >= 11 is 6.01. The zero-order valence-electron chi connectivity index (χ0n) is 13.4. The fourth-order valence-corrected chi connectivity index (χ4v) is 2.58. The number of rotatable bonds is 3. The molecule has 2 aromatic carbocycles. The van der Waals surface area contributed by atoms with Crippen LogP contribution in [0.5, 0.6) is 0 Å². The molecule has 0 atom stereocenters. The van der Waals surface area contributed by atoms with Crippen molar-refractivity contribution in [2.24, 2.45) is 0 Å². The number of carbonyl (C=O) groups excluding carboxylic acids is 2. The van der Waals surface area contributed by atoms with Gasteiger partial charge in [0.05, 0.1) is 0 Å². The summed E-state index contributed by atoms with van der Waals surface area (Å²) in [7, 11) is 0. The highest BCUT2D eigenvalue weighted by Crippen LogP contribution is 2.24. The molecular formula is C19H15ClN2O3. The van der Waals surface area contributed by atoms with Crippen LogP contribution in [0, 0.1) is 6.92 Å². The summed E-state index contributed by atoms with van der Waals surface area (Å²) in [5, 5.41) is 1.39. The van der Waals surface area contributed by atoms with Gasteiger partial charge in [0, 0.05) is 22.0 Å². The highest BCUT2D eigenvalue weighted by molar-refractivity contribution is 6.32. The molecule has 0 saturated carbocycles. The molecule has 0 unspecified atom stereocenters. The summed E-state index contributed by atoms with van der Waals surface area (Å²) in [4.78, 5) is 24.0. The van der Waals surface area contributed by atoms with Crippen LogP contribution in [0.3, 0.4) is 0 Å². The van der Waals surface area contributed by atoms with Gasteiger partial charge in [-0.3, -0.25) is 20.4 Å². The van der Waals surface area contributed by atoms with Crippen molar-refractivity contribution in [1.82, 2.24) is 10.9 Å². The van der Waals surface area contributed by atoms with Gasteiger partial charge in [0.15, 0.2) is 5.76 Å². The summed E-state index contributed by atoms with van der Waals surface area (Å²) in [5.41, 5.74) is 6.69. The molecule has 1 aromatic heterocycles. The molecule has 5 nitrogen and oxygen atoms in total. The maximum absolute atomic E-state index is 12.2. The van der Waals surface area contributed by atoms with Crippen molar-refractivity contribution in [3.8, 4) is 0 Å². The minimum Gasteiger partial charge on any atom is -0.451 e. The molecule has 2 amide bonds. The molecule has 0 aliphatic carbocycles. The molecular weight excluding hydrogens is 340 g/mol. The molecule has 0 radical (unpaired) electrons. The molecule has 25 heavy (non-hydrogen) atoms. The number of aryl methyl sites for hydroxylation is 1. The number of fused-ring (bicyclic) bond motifs is 1. The normalized spacial score (nSPS) is 11.0. The third-order valence-electron chi connectivity index (χ3n) is 3.67. The SMILES string of the molecule is Cc1c(C(=O)NNC(=O)/C=C/c2ccccc2Cl)oc2ccccc12. The van der Waals surface area contributed by atoms with E-state index in [1.54, 1.807) is 37.3 Å². The molecule has 3 aromatic rings. The maximum Gasteiger partial charge on any atom is 0.305 e. The third kappa shape index (κ3) is 3.72. The fraction of sp³-hybridized carbons (Fsp3) is 0.0526. The van der Waals surface area contributed by atoms with E-state index in [1.807, 2.05) is 24.3 Å². The Labute approximate surface area is 149 Å². The summed E-state index contributed by atoms with van der Waals surface area (Å²) in [6.07, 6.45) is 2.85. The number of para-hydroxylation sites is 1. The lowest BCUT2D eigenvalue weighted by atomic mass is 10.1. The van der Waals surface area contributed by atoms with E-state index in [2.05, 4.69) is 10.9 Å². The smallest absolute Gasteiger partial charge is 0.305 e. The van der Waals surface area contributed by atoms with Gasteiger partial charge in [0.2, 0.25) is 0 Å². The summed E-state index contributed by atoms with van der Waals surface area (Å²) in [6.45, 7) is 1.79. The number of carbonyl (C=O) groups is 2. The Morgan fingerprint density at radius 2 is 1.76 bits per heavy atom. The number of nitrogens with one attached hydrogen (secondary N) is 2. The zero-order valence-corrected chi connectivity index (χ0v) is 14.1. The van der Waals surface area contributed by atoms with E-state index in [1.165, 1.54) is 6.08 Å². The summed E-state index contributed by atoms with van der Waals surface area (Å²) in [6, 6.07) is 14.5. The van der Waals surface area contributed by atoms with Crippen molar-refractivity contribution in [3.05, 3.63) is 76.5 Å². The predicted octanol–water partition coefficient (Wildman–Crippen LogP) is 3.87. The van der Waals surface area contributed by atoms with Gasteiger partial charge in [-0.15, -0.1) is 0 Å². The van der Waals surface area contributed by atoms with Gasteiger partial charge in [-0.25, -0.2) is 0 Å². The van der Waals surface area contributed by atoms with E-state index in [0.717, 1.165) is 5.39 Å². The number of hydrazine groups is 1. The van der Waals surface area contributed by atoms with Crippen molar-refractivity contribution < 1.29 is 14.0 Å². The molecule has 0 aliphatic heterocycles. The van der Waals surface area contributed by atoms with Crippen molar-refractivity contribution >= 4 is 40.5 Å². The minimum absolute atomic E-state index is 0.164. The van der Waals surface area contributed by atoms with Gasteiger partial charge in [0.1, 0.15) is 5.58 Å². The Hall–Kier alpha value is -3.05. The molecule has 126 valence electrons. The average molecular weight is 355 g/mol. The van der Waals surface area contributed by atoms with Crippen LogP contribution in [0.1, 0.15) is 21.7 Å². The first-order valence-corrected chi connectivity index (χ1v) is 7.95. The molecule has 0 aliphatic rings. The topological polar surface area (TPSA) is 71.3 Å². The van der Waals surface area contributed by atoms with Crippen molar-refractivity contribution in [3.63, 3.8) is 0 Å². The fourth-order valence-electron chi connectivity index (χ4n) is 2.38. The van der Waals surface area contributed by atoms with Crippen LogP contribution in [-0.4, -0.2) is 11.8 Å². The van der Waals surface area contributed by atoms with E-state index in [9.17, 15) is 9.59 Å². The van der Waals surface area contributed by atoms with Crippen LogP contribution in [0.25, 0.3) is 17.0 Å². The van der Waals surface area contributed by atoms with Crippen molar-refractivity contribution in [2.75, 3.05) is 0 Å². The molecule has 3 rings (SSSR count). The summed E-state index contributed by atoms with van der Waals surface area (Å²) in [5.74, 6) is -0.841. The van der Waals surface area contributed by atoms with Gasteiger partial charge in [-0.1, -0.05) is 48.0 Å². The van der Waals surface area contributed by atoms with E-state index in [0.29, 0.717) is 21.7 Å². The van der Waals surface area contributed by atoms with Crippen LogP contribution in [0.4, 0.5) is 0 Å². The number of hydrogen-bond acceptors (Lipinski definition) is 3. The number of hydrogen-bond donors (Lipinski definition) is 2. The monoisotopic (exact) mass is 354 g/mol. The molecule has 6 heteroatoms. The third-order valence-corrected chi connectivity index (χ3v) is 4.01. The first-order chi connectivity index (χ1) is 12.1. The number of halogens is 1. The van der Waals surface area contributed by atoms with Crippen LogP contribution in [0.2, 0.25) is 5.02 Å². The number of benzene rings is 2. The van der Waals surface area contributed by atoms with Crippen LogP contribution >= 0.6 is 11.6 Å².